The topological polar surface area (TPSA) is 111 Å². The van der Waals surface area contributed by atoms with Gasteiger partial charge in [-0.25, -0.2) is 9.80 Å². The molecule has 3 aliphatic carbocycles. The van der Waals surface area contributed by atoms with Crippen LogP contribution in [0, 0.1) is 11.3 Å². The summed E-state index contributed by atoms with van der Waals surface area (Å²) in [5, 5.41) is 15.9. The summed E-state index contributed by atoms with van der Waals surface area (Å²) in [6, 6.07) is 3.95. The van der Waals surface area contributed by atoms with Crippen molar-refractivity contribution in [2.45, 2.75) is 69.2 Å². The number of nitrogens with zero attached hydrogens (tertiary/aromatic N) is 2. The average molecular weight is 523 g/mol. The van der Waals surface area contributed by atoms with E-state index in [1.807, 2.05) is 17.2 Å². The lowest BCUT2D eigenvalue weighted by molar-refractivity contribution is -0.125. The number of ketones is 1. The summed E-state index contributed by atoms with van der Waals surface area (Å²) in [4.78, 5) is 40.2. The fourth-order valence-electron chi connectivity index (χ4n) is 8.55. The van der Waals surface area contributed by atoms with Crippen molar-refractivity contribution in [1.29, 1.82) is 0 Å². The number of phenols is 1. The molecule has 0 aromatic heterocycles. The van der Waals surface area contributed by atoms with Crippen LogP contribution >= 0.6 is 0 Å². The second-order valence-electron chi connectivity index (χ2n) is 12.0. The van der Waals surface area contributed by atoms with Gasteiger partial charge in [-0.2, -0.15) is 0 Å². The minimum absolute atomic E-state index is 0.0437. The Morgan fingerprint density at radius 3 is 2.74 bits per heavy atom. The smallest absolute Gasteiger partial charge is 0.413 e. The molecule has 9 nitrogen and oxygen atoms in total. The van der Waals surface area contributed by atoms with Crippen LogP contribution in [0.5, 0.6) is 11.5 Å². The van der Waals surface area contributed by atoms with E-state index in [4.69, 9.17) is 4.74 Å². The average Bonchev–Trinajstić information content (AvgIpc) is 3.04. The highest BCUT2D eigenvalue weighted by Crippen LogP contribution is 2.71. The number of phenolic OH excluding ortho intramolecular Hbond substituents is 1. The zero-order valence-electron chi connectivity index (χ0n) is 22.0. The number of fused-ring (bicyclic) bond motifs is 2. The maximum absolute atomic E-state index is 12.8. The van der Waals surface area contributed by atoms with Gasteiger partial charge in [-0.05, 0) is 49.7 Å². The number of nitrogens with one attached hydrogen (secondary N) is 2. The zero-order chi connectivity index (χ0) is 26.5. The summed E-state index contributed by atoms with van der Waals surface area (Å²) in [5.41, 5.74) is 4.38. The fraction of sp³-hybridized carbons (Fsp3) is 0.621. The summed E-state index contributed by atoms with van der Waals surface area (Å²) in [5.74, 6) is 0.223. The van der Waals surface area contributed by atoms with Crippen LogP contribution in [0.25, 0.3) is 0 Å². The molecule has 2 spiro atoms. The first-order valence-electron chi connectivity index (χ1n) is 14.1. The number of hydrazine groups is 1. The van der Waals surface area contributed by atoms with Gasteiger partial charge in [0.25, 0.3) is 5.91 Å². The molecule has 5 aliphatic rings. The van der Waals surface area contributed by atoms with Crippen LogP contribution in [0.4, 0.5) is 4.79 Å². The summed E-state index contributed by atoms with van der Waals surface area (Å²) >= 11 is 0. The van der Waals surface area contributed by atoms with E-state index >= 15 is 0 Å². The van der Waals surface area contributed by atoms with Gasteiger partial charge in [-0.1, -0.05) is 25.0 Å². The summed E-state index contributed by atoms with van der Waals surface area (Å²) in [6.07, 6.45) is 9.08. The molecule has 3 N–H and O–H groups in total. The molecule has 0 radical (unpaired) electrons. The highest BCUT2D eigenvalue weighted by molar-refractivity contribution is 5.84. The maximum atomic E-state index is 12.8. The standard InChI is InChI=1S/C29H38N4O5/c1-2-11-32-18-28-14-19-7-10-22(38-27(37)30-16-23(35)31-33-12-5-3-4-6-13-33)25(36)24(19)29(17-28)15-20(34)8-9-21(29)26(28)32/h2,7,10,21,26,36H,1,3-6,8-9,11-18H2,(H,30,37)(H,31,35). The van der Waals surface area contributed by atoms with Gasteiger partial charge in [0, 0.05) is 61.5 Å². The number of carbonyl (C=O) groups excluding carboxylic acids is 3. The highest BCUT2D eigenvalue weighted by atomic mass is 16.6. The van der Waals surface area contributed by atoms with Gasteiger partial charge in [0.2, 0.25) is 0 Å². The number of carbonyl (C=O) groups is 3. The molecule has 204 valence electrons. The zero-order valence-corrected chi connectivity index (χ0v) is 22.0. The quantitative estimate of drug-likeness (QED) is 0.493. The molecule has 2 heterocycles. The normalized spacial score (nSPS) is 32.2. The van der Waals surface area contributed by atoms with E-state index in [2.05, 4.69) is 22.2 Å². The number of aromatic hydroxyl groups is 1. The molecule has 1 aromatic carbocycles. The van der Waals surface area contributed by atoms with Gasteiger partial charge < -0.3 is 15.2 Å². The van der Waals surface area contributed by atoms with Crippen molar-refractivity contribution in [1.82, 2.24) is 20.7 Å². The van der Waals surface area contributed by atoms with Gasteiger partial charge in [-0.15, -0.1) is 6.58 Å². The third kappa shape index (κ3) is 4.11. The molecule has 2 aliphatic heterocycles. The van der Waals surface area contributed by atoms with Crippen molar-refractivity contribution in [3.05, 3.63) is 35.9 Å². The second-order valence-corrected chi connectivity index (χ2v) is 12.0. The Kier molecular flexibility index (Phi) is 6.46. The number of hydrogen-bond donors (Lipinski definition) is 3. The third-order valence-corrected chi connectivity index (χ3v) is 9.66. The number of benzene rings is 1. The predicted molar refractivity (Wildman–Crippen MR) is 141 cm³/mol. The lowest BCUT2D eigenvalue weighted by Crippen LogP contribution is -2.64. The number of amides is 2. The Hall–Kier alpha value is -2.91. The van der Waals surface area contributed by atoms with Crippen LogP contribution in [0.2, 0.25) is 0 Å². The molecule has 2 amide bonds. The van der Waals surface area contributed by atoms with Crippen molar-refractivity contribution in [2.75, 3.05) is 32.7 Å². The molecule has 2 saturated carbocycles. The van der Waals surface area contributed by atoms with E-state index in [0.717, 1.165) is 82.3 Å². The molecule has 4 fully saturated rings. The summed E-state index contributed by atoms with van der Waals surface area (Å²) in [7, 11) is 0. The molecule has 1 aromatic rings. The number of Topliss-reactive ketones (excluding diaryl/α,β-unsaturated/α-hetero) is 1. The van der Waals surface area contributed by atoms with Crippen molar-refractivity contribution in [2.24, 2.45) is 11.3 Å². The molecular weight excluding hydrogens is 484 g/mol. The SMILES string of the molecule is C=CCN1CC23Cc4ccc(OC(=O)NCC(=O)NN5CCCCCC5)c(O)c4C4(CC(=O)CCC4C12)C3. The van der Waals surface area contributed by atoms with E-state index in [9.17, 15) is 19.5 Å². The van der Waals surface area contributed by atoms with Crippen LogP contribution in [-0.4, -0.2) is 71.6 Å². The minimum Gasteiger partial charge on any atom is -0.504 e. The summed E-state index contributed by atoms with van der Waals surface area (Å²) in [6.45, 7) is 7.13. The van der Waals surface area contributed by atoms with Crippen LogP contribution in [-0.2, 0) is 21.4 Å². The molecule has 9 heteroatoms. The van der Waals surface area contributed by atoms with Crippen LogP contribution in [0.3, 0.4) is 0 Å². The molecule has 4 unspecified atom stereocenters. The van der Waals surface area contributed by atoms with Crippen LogP contribution < -0.4 is 15.5 Å². The first-order valence-corrected chi connectivity index (χ1v) is 14.1. The number of ether oxygens (including phenoxy) is 1. The summed E-state index contributed by atoms with van der Waals surface area (Å²) < 4.78 is 5.51. The molecule has 38 heavy (non-hydrogen) atoms. The highest BCUT2D eigenvalue weighted by Gasteiger charge is 2.71. The molecular formula is C29H38N4O5. The molecule has 4 atom stereocenters. The maximum Gasteiger partial charge on any atom is 0.413 e. The first kappa shape index (κ1) is 25.4. The number of rotatable bonds is 6. The third-order valence-electron chi connectivity index (χ3n) is 9.66. The van der Waals surface area contributed by atoms with Gasteiger partial charge in [0.15, 0.2) is 11.5 Å². The fourth-order valence-corrected chi connectivity index (χ4v) is 8.55. The Balaban J connectivity index is 1.18. The van der Waals surface area contributed by atoms with Gasteiger partial charge >= 0.3 is 6.09 Å². The van der Waals surface area contributed by atoms with E-state index in [1.54, 1.807) is 6.07 Å². The number of likely N-dealkylation sites (tertiary alicyclic amines) is 1. The van der Waals surface area contributed by atoms with Crippen LogP contribution in [0.15, 0.2) is 24.8 Å². The Labute approximate surface area is 223 Å². The minimum atomic E-state index is -0.795. The van der Waals surface area contributed by atoms with E-state index < -0.39 is 11.5 Å². The second kappa shape index (κ2) is 9.68. The lowest BCUT2D eigenvalue weighted by atomic mass is 9.59. The van der Waals surface area contributed by atoms with E-state index in [-0.39, 0.29) is 41.1 Å². The molecule has 2 bridgehead atoms. The first-order chi connectivity index (χ1) is 18.3. The van der Waals surface area contributed by atoms with Crippen molar-refractivity contribution in [3.63, 3.8) is 0 Å². The van der Waals surface area contributed by atoms with Gasteiger partial charge in [0.1, 0.15) is 12.3 Å². The Bertz CT molecular complexity index is 1160. The van der Waals surface area contributed by atoms with Gasteiger partial charge in [0.05, 0.1) is 0 Å². The van der Waals surface area contributed by atoms with Crippen LogP contribution in [0.1, 0.15) is 62.5 Å². The van der Waals surface area contributed by atoms with E-state index in [0.29, 0.717) is 18.9 Å². The molecule has 6 rings (SSSR count). The predicted octanol–water partition coefficient (Wildman–Crippen LogP) is 2.81. The molecule has 2 saturated heterocycles. The monoisotopic (exact) mass is 522 g/mol. The number of hydrogen-bond acceptors (Lipinski definition) is 7. The van der Waals surface area contributed by atoms with E-state index in [1.165, 1.54) is 0 Å². The van der Waals surface area contributed by atoms with Crippen molar-refractivity contribution >= 4 is 17.8 Å². The van der Waals surface area contributed by atoms with Gasteiger partial charge in [-0.3, -0.25) is 19.9 Å². The lowest BCUT2D eigenvalue weighted by Gasteiger charge is -2.56. The van der Waals surface area contributed by atoms with Crippen molar-refractivity contribution in [3.8, 4) is 11.5 Å². The van der Waals surface area contributed by atoms with Crippen molar-refractivity contribution < 1.29 is 24.2 Å². The Morgan fingerprint density at radius 1 is 1.18 bits per heavy atom. The Morgan fingerprint density at radius 2 is 1.97 bits per heavy atom. The largest absolute Gasteiger partial charge is 0.504 e.